The summed E-state index contributed by atoms with van der Waals surface area (Å²) in [5.74, 6) is 2.96. The maximum absolute atomic E-state index is 12.7. The van der Waals surface area contributed by atoms with Gasteiger partial charge < -0.3 is 9.72 Å². The number of aromatic nitrogens is 2. The summed E-state index contributed by atoms with van der Waals surface area (Å²) in [4.78, 5) is 21.0. The molecule has 8 heteroatoms. The van der Waals surface area contributed by atoms with E-state index < -0.39 is 0 Å². The number of fused-ring (bicyclic) bond motifs is 1. The van der Waals surface area contributed by atoms with Gasteiger partial charge in [0.05, 0.1) is 17.7 Å². The van der Waals surface area contributed by atoms with E-state index in [-0.39, 0.29) is 5.56 Å². The molecule has 148 valence electrons. The van der Waals surface area contributed by atoms with E-state index in [1.54, 1.807) is 11.8 Å². The zero-order valence-corrected chi connectivity index (χ0v) is 19.1. The monoisotopic (exact) mass is 506 g/mol. The van der Waals surface area contributed by atoms with Crippen LogP contribution in [0.5, 0.6) is 5.75 Å². The second kappa shape index (κ2) is 9.34. The van der Waals surface area contributed by atoms with Gasteiger partial charge in [0.15, 0.2) is 0 Å². The molecule has 0 unspecified atom stereocenters. The summed E-state index contributed by atoms with van der Waals surface area (Å²) in [5, 5.41) is 3.27. The predicted molar refractivity (Wildman–Crippen MR) is 126 cm³/mol. The number of rotatable bonds is 7. The lowest BCUT2D eigenvalue weighted by Gasteiger charge is -2.06. The van der Waals surface area contributed by atoms with Gasteiger partial charge in [-0.1, -0.05) is 39.7 Å². The Morgan fingerprint density at radius 2 is 1.90 bits per heavy atom. The molecule has 4 nitrogen and oxygen atoms in total. The number of halogens is 2. The molecule has 0 radical (unpaired) electrons. The summed E-state index contributed by atoms with van der Waals surface area (Å²) in [5.41, 5.74) is 1.74. The molecule has 0 saturated carbocycles. The highest BCUT2D eigenvalue weighted by Gasteiger charge is 2.13. The summed E-state index contributed by atoms with van der Waals surface area (Å²) >= 11 is 12.5. The normalized spacial score (nSPS) is 11.1. The third kappa shape index (κ3) is 5.04. The maximum atomic E-state index is 12.7. The van der Waals surface area contributed by atoms with Crippen LogP contribution in [0.2, 0.25) is 5.02 Å². The summed E-state index contributed by atoms with van der Waals surface area (Å²) in [6.07, 6.45) is 0. The van der Waals surface area contributed by atoms with Crippen LogP contribution in [0.3, 0.4) is 0 Å². The molecule has 2 aromatic heterocycles. The van der Waals surface area contributed by atoms with Crippen molar-refractivity contribution in [2.45, 2.75) is 5.75 Å². The lowest BCUT2D eigenvalue weighted by Crippen LogP contribution is -2.11. The number of aromatic amines is 1. The summed E-state index contributed by atoms with van der Waals surface area (Å²) < 4.78 is 6.74. The van der Waals surface area contributed by atoms with E-state index in [2.05, 4.69) is 25.9 Å². The van der Waals surface area contributed by atoms with E-state index in [9.17, 15) is 4.79 Å². The van der Waals surface area contributed by atoms with Crippen molar-refractivity contribution in [2.75, 3.05) is 12.4 Å². The largest absolute Gasteiger partial charge is 0.493 e. The Morgan fingerprint density at radius 1 is 1.14 bits per heavy atom. The molecule has 1 N–H and O–H groups in total. The number of hydrogen-bond acceptors (Lipinski definition) is 5. The molecule has 2 heterocycles. The van der Waals surface area contributed by atoms with Gasteiger partial charge in [0, 0.05) is 26.2 Å². The molecule has 29 heavy (non-hydrogen) atoms. The van der Waals surface area contributed by atoms with Gasteiger partial charge in [-0.25, -0.2) is 4.98 Å². The van der Waals surface area contributed by atoms with Crippen LogP contribution in [-0.4, -0.2) is 22.3 Å². The quantitative estimate of drug-likeness (QED) is 0.295. The van der Waals surface area contributed by atoms with Gasteiger partial charge in [0.1, 0.15) is 16.4 Å². The summed E-state index contributed by atoms with van der Waals surface area (Å²) in [6.45, 7) is 0.596. The summed E-state index contributed by atoms with van der Waals surface area (Å²) in [6, 6.07) is 15.2. The van der Waals surface area contributed by atoms with Gasteiger partial charge in [0.2, 0.25) is 0 Å². The number of hydrogen-bond donors (Lipinski definition) is 1. The predicted octanol–water partition coefficient (Wildman–Crippen LogP) is 6.38. The van der Waals surface area contributed by atoms with Crippen LogP contribution in [0.4, 0.5) is 0 Å². The van der Waals surface area contributed by atoms with Crippen molar-refractivity contribution in [1.82, 2.24) is 9.97 Å². The Bertz CT molecular complexity index is 1170. The molecular weight excluding hydrogens is 492 g/mol. The molecule has 0 atom stereocenters. The molecule has 0 aliphatic heterocycles. The molecule has 4 aromatic rings. The standard InChI is InChI=1S/C21H16BrClN2O2S2/c22-14-3-7-16(8-4-14)27-9-10-28-12-18-24-20(26)19-17(11-29-21(19)25-18)13-1-5-15(23)6-2-13/h1-8,11H,9-10,12H2,(H,24,25,26). The first-order chi connectivity index (χ1) is 14.1. The van der Waals surface area contributed by atoms with Crippen LogP contribution in [0.1, 0.15) is 5.82 Å². The van der Waals surface area contributed by atoms with Gasteiger partial charge in [-0.3, -0.25) is 4.79 Å². The minimum atomic E-state index is -0.108. The Balaban J connectivity index is 1.39. The number of thioether (sulfide) groups is 1. The van der Waals surface area contributed by atoms with E-state index >= 15 is 0 Å². The number of benzene rings is 2. The second-order valence-corrected chi connectivity index (χ2v) is 9.52. The third-order valence-corrected chi connectivity index (χ3v) is 6.78. The molecule has 0 spiro atoms. The highest BCUT2D eigenvalue weighted by atomic mass is 79.9. The highest BCUT2D eigenvalue weighted by molar-refractivity contribution is 9.10. The topological polar surface area (TPSA) is 55.0 Å². The van der Waals surface area contributed by atoms with E-state index in [1.807, 2.05) is 53.9 Å². The fraction of sp³-hybridized carbons (Fsp3) is 0.143. The number of nitrogens with zero attached hydrogens (tertiary/aromatic N) is 1. The second-order valence-electron chi connectivity index (χ2n) is 6.20. The minimum absolute atomic E-state index is 0.108. The van der Waals surface area contributed by atoms with Gasteiger partial charge in [-0.2, -0.15) is 11.8 Å². The third-order valence-electron chi connectivity index (χ3n) is 4.20. The van der Waals surface area contributed by atoms with Gasteiger partial charge in [0.25, 0.3) is 5.56 Å². The van der Waals surface area contributed by atoms with Crippen LogP contribution >= 0.6 is 50.6 Å². The van der Waals surface area contributed by atoms with E-state index in [0.717, 1.165) is 31.9 Å². The van der Waals surface area contributed by atoms with E-state index in [4.69, 9.17) is 16.3 Å². The molecular formula is C21H16BrClN2O2S2. The van der Waals surface area contributed by atoms with Crippen LogP contribution < -0.4 is 10.3 Å². The molecule has 0 aliphatic carbocycles. The first kappa shape index (κ1) is 20.5. The molecule has 0 saturated heterocycles. The number of thiophene rings is 1. The molecule has 0 aliphatic rings. The minimum Gasteiger partial charge on any atom is -0.493 e. The highest BCUT2D eigenvalue weighted by Crippen LogP contribution is 2.31. The van der Waals surface area contributed by atoms with Crippen molar-refractivity contribution < 1.29 is 4.74 Å². The Morgan fingerprint density at radius 3 is 2.66 bits per heavy atom. The Kier molecular flexibility index (Phi) is 6.60. The number of nitrogens with one attached hydrogen (secondary N) is 1. The molecule has 0 bridgehead atoms. The average Bonchev–Trinajstić information content (AvgIpc) is 3.14. The van der Waals surface area contributed by atoms with Crippen molar-refractivity contribution in [3.8, 4) is 16.9 Å². The van der Waals surface area contributed by atoms with Gasteiger partial charge >= 0.3 is 0 Å². The van der Waals surface area contributed by atoms with Crippen LogP contribution in [0.15, 0.2) is 63.2 Å². The van der Waals surface area contributed by atoms with E-state index in [0.29, 0.717) is 28.6 Å². The zero-order valence-electron chi connectivity index (χ0n) is 15.2. The lowest BCUT2D eigenvalue weighted by molar-refractivity contribution is 0.344. The average molecular weight is 508 g/mol. The first-order valence-electron chi connectivity index (χ1n) is 8.82. The Labute approximate surface area is 189 Å². The van der Waals surface area contributed by atoms with Crippen molar-refractivity contribution in [2.24, 2.45) is 0 Å². The van der Waals surface area contributed by atoms with Crippen LogP contribution in [0.25, 0.3) is 21.3 Å². The molecule has 0 amide bonds. The van der Waals surface area contributed by atoms with Crippen molar-refractivity contribution >= 4 is 60.8 Å². The maximum Gasteiger partial charge on any atom is 0.260 e. The van der Waals surface area contributed by atoms with E-state index in [1.165, 1.54) is 11.3 Å². The SMILES string of the molecule is O=c1[nH]c(CSCCOc2ccc(Br)cc2)nc2scc(-c3ccc(Cl)cc3)c12. The molecule has 0 fully saturated rings. The smallest absolute Gasteiger partial charge is 0.260 e. The van der Waals surface area contributed by atoms with Gasteiger partial charge in [-0.15, -0.1) is 11.3 Å². The lowest BCUT2D eigenvalue weighted by atomic mass is 10.1. The molecule has 2 aromatic carbocycles. The number of ether oxygens (including phenoxy) is 1. The van der Waals surface area contributed by atoms with Crippen molar-refractivity contribution in [3.05, 3.63) is 79.6 Å². The molecule has 4 rings (SSSR count). The fourth-order valence-corrected chi connectivity index (χ4v) is 4.85. The van der Waals surface area contributed by atoms with Crippen molar-refractivity contribution in [1.29, 1.82) is 0 Å². The summed E-state index contributed by atoms with van der Waals surface area (Å²) in [7, 11) is 0. The van der Waals surface area contributed by atoms with Crippen LogP contribution in [-0.2, 0) is 5.75 Å². The number of H-pyrrole nitrogens is 1. The van der Waals surface area contributed by atoms with Crippen molar-refractivity contribution in [3.63, 3.8) is 0 Å². The fourth-order valence-electron chi connectivity index (χ4n) is 2.82. The van der Waals surface area contributed by atoms with Crippen LogP contribution in [0, 0.1) is 0 Å². The Hall–Kier alpha value is -1.80. The zero-order chi connectivity index (χ0) is 20.2. The van der Waals surface area contributed by atoms with Gasteiger partial charge in [-0.05, 0) is 42.0 Å². The first-order valence-corrected chi connectivity index (χ1v) is 12.0.